The fraction of sp³-hybridized carbons (Fsp3) is 0.300. The molecule has 1 heterocycles. The second-order valence-electron chi connectivity index (χ2n) is 3.25. The fourth-order valence-corrected chi connectivity index (χ4v) is 1.59. The van der Waals surface area contributed by atoms with Gasteiger partial charge in [-0.2, -0.15) is 0 Å². The molecule has 1 atom stereocenters. The van der Waals surface area contributed by atoms with Crippen LogP contribution in [0.4, 0.5) is 5.69 Å². The van der Waals surface area contributed by atoms with Crippen molar-refractivity contribution in [1.29, 1.82) is 0 Å². The van der Waals surface area contributed by atoms with Gasteiger partial charge in [0.2, 0.25) is 5.91 Å². The maximum atomic E-state index is 11.3. The largest absolute Gasteiger partial charge is 0.325 e. The van der Waals surface area contributed by atoms with E-state index < -0.39 is 0 Å². The molecule has 0 saturated heterocycles. The number of hydrogen-bond acceptors (Lipinski definition) is 1. The van der Waals surface area contributed by atoms with Gasteiger partial charge in [-0.15, -0.1) is 0 Å². The van der Waals surface area contributed by atoms with Crippen molar-refractivity contribution in [1.82, 2.24) is 0 Å². The zero-order valence-electron chi connectivity index (χ0n) is 7.22. The van der Waals surface area contributed by atoms with E-state index in [9.17, 15) is 4.79 Å². The molecule has 1 aromatic rings. The molecule has 0 fully saturated rings. The Kier molecular flexibility index (Phi) is 1.43. The molecular formula is C10H11NO. The summed E-state index contributed by atoms with van der Waals surface area (Å²) in [5.74, 6) is 0.124. The highest BCUT2D eigenvalue weighted by Gasteiger charge is 2.26. The lowest BCUT2D eigenvalue weighted by molar-refractivity contribution is -0.116. The normalized spacial score (nSPS) is 20.5. The van der Waals surface area contributed by atoms with Gasteiger partial charge in [-0.05, 0) is 25.0 Å². The molecule has 2 rings (SSSR count). The second-order valence-corrected chi connectivity index (χ2v) is 3.25. The Morgan fingerprint density at radius 1 is 1.42 bits per heavy atom. The Hall–Kier alpha value is -1.31. The highest BCUT2D eigenvalue weighted by molar-refractivity contribution is 6.03. The highest BCUT2D eigenvalue weighted by atomic mass is 16.2. The number of amides is 1. The van der Waals surface area contributed by atoms with Crippen LogP contribution in [0.5, 0.6) is 0 Å². The van der Waals surface area contributed by atoms with E-state index in [1.165, 1.54) is 0 Å². The lowest BCUT2D eigenvalue weighted by Crippen LogP contribution is -2.08. The maximum Gasteiger partial charge on any atom is 0.231 e. The van der Waals surface area contributed by atoms with Gasteiger partial charge in [-0.25, -0.2) is 0 Å². The summed E-state index contributed by atoms with van der Waals surface area (Å²) in [6.07, 6.45) is 0. The topological polar surface area (TPSA) is 29.1 Å². The number of aryl methyl sites for hydroxylation is 1. The molecule has 1 aromatic carbocycles. The number of para-hydroxylation sites is 1. The van der Waals surface area contributed by atoms with Crippen LogP contribution in [0.15, 0.2) is 18.2 Å². The van der Waals surface area contributed by atoms with Gasteiger partial charge >= 0.3 is 0 Å². The van der Waals surface area contributed by atoms with Crippen LogP contribution >= 0.6 is 0 Å². The van der Waals surface area contributed by atoms with Crippen LogP contribution in [-0.4, -0.2) is 5.91 Å². The predicted molar refractivity (Wildman–Crippen MR) is 48.2 cm³/mol. The average Bonchev–Trinajstić information content (AvgIpc) is 2.32. The summed E-state index contributed by atoms with van der Waals surface area (Å²) < 4.78 is 0. The summed E-state index contributed by atoms with van der Waals surface area (Å²) in [5, 5.41) is 2.88. The molecule has 0 saturated carbocycles. The van der Waals surface area contributed by atoms with Gasteiger partial charge in [0.25, 0.3) is 0 Å². The third-order valence-corrected chi connectivity index (χ3v) is 2.41. The smallest absolute Gasteiger partial charge is 0.231 e. The summed E-state index contributed by atoms with van der Waals surface area (Å²) in [4.78, 5) is 11.3. The highest BCUT2D eigenvalue weighted by Crippen LogP contribution is 2.33. The molecule has 1 N–H and O–H groups in total. The minimum Gasteiger partial charge on any atom is -0.325 e. The summed E-state index contributed by atoms with van der Waals surface area (Å²) in [6, 6.07) is 6.01. The molecule has 0 bridgehead atoms. The molecule has 62 valence electrons. The Bertz CT molecular complexity index is 344. The standard InChI is InChI=1S/C10H11NO/c1-6-4-3-5-8-7(2)10(12)11-9(6)8/h3-5,7H,1-2H3,(H,11,12). The van der Waals surface area contributed by atoms with Crippen LogP contribution in [0.3, 0.4) is 0 Å². The van der Waals surface area contributed by atoms with Crippen LogP contribution in [0.2, 0.25) is 0 Å². The van der Waals surface area contributed by atoms with Gasteiger partial charge in [0.1, 0.15) is 0 Å². The van der Waals surface area contributed by atoms with Crippen LogP contribution in [-0.2, 0) is 4.79 Å². The first-order valence-electron chi connectivity index (χ1n) is 4.10. The third-order valence-electron chi connectivity index (χ3n) is 2.41. The molecule has 2 heteroatoms. The van der Waals surface area contributed by atoms with Gasteiger partial charge in [-0.3, -0.25) is 4.79 Å². The van der Waals surface area contributed by atoms with Gasteiger partial charge in [0.05, 0.1) is 5.92 Å². The van der Waals surface area contributed by atoms with Gasteiger partial charge in [0, 0.05) is 5.69 Å². The number of benzene rings is 1. The van der Waals surface area contributed by atoms with E-state index in [0.29, 0.717) is 0 Å². The number of carbonyl (C=O) groups excluding carboxylic acids is 1. The number of hydrogen-bond donors (Lipinski definition) is 1. The minimum absolute atomic E-state index is 0.0138. The first-order valence-corrected chi connectivity index (χ1v) is 4.10. The van der Waals surface area contributed by atoms with Gasteiger partial charge < -0.3 is 5.32 Å². The molecule has 0 aromatic heterocycles. The van der Waals surface area contributed by atoms with Gasteiger partial charge in [-0.1, -0.05) is 18.2 Å². The van der Waals surface area contributed by atoms with Crippen LogP contribution in [0.25, 0.3) is 0 Å². The third kappa shape index (κ3) is 0.843. The number of rotatable bonds is 0. The monoisotopic (exact) mass is 161 g/mol. The van der Waals surface area contributed by atoms with Crippen molar-refractivity contribution in [2.45, 2.75) is 19.8 Å². The maximum absolute atomic E-state index is 11.3. The van der Waals surface area contributed by atoms with E-state index in [-0.39, 0.29) is 11.8 Å². The van der Waals surface area contributed by atoms with Crippen molar-refractivity contribution in [3.63, 3.8) is 0 Å². The van der Waals surface area contributed by atoms with E-state index >= 15 is 0 Å². The summed E-state index contributed by atoms with van der Waals surface area (Å²) in [5.41, 5.74) is 3.28. The lowest BCUT2D eigenvalue weighted by Gasteiger charge is -2.02. The first-order chi connectivity index (χ1) is 5.70. The molecule has 0 aliphatic carbocycles. The van der Waals surface area contributed by atoms with Crippen molar-refractivity contribution < 1.29 is 4.79 Å². The molecule has 1 unspecified atom stereocenters. The minimum atomic E-state index is 0.0138. The summed E-state index contributed by atoms with van der Waals surface area (Å²) in [7, 11) is 0. The van der Waals surface area contributed by atoms with Crippen molar-refractivity contribution in [3.05, 3.63) is 29.3 Å². The van der Waals surface area contributed by atoms with E-state index in [0.717, 1.165) is 16.8 Å². The fourth-order valence-electron chi connectivity index (χ4n) is 1.59. The summed E-state index contributed by atoms with van der Waals surface area (Å²) >= 11 is 0. The number of fused-ring (bicyclic) bond motifs is 1. The zero-order chi connectivity index (χ0) is 8.72. The number of carbonyl (C=O) groups is 1. The molecule has 0 spiro atoms. The Balaban J connectivity index is 2.60. The van der Waals surface area contributed by atoms with Crippen LogP contribution < -0.4 is 5.32 Å². The Morgan fingerprint density at radius 3 is 2.83 bits per heavy atom. The molecular weight excluding hydrogens is 150 g/mol. The predicted octanol–water partition coefficient (Wildman–Crippen LogP) is 2.05. The van der Waals surface area contributed by atoms with Crippen molar-refractivity contribution >= 4 is 11.6 Å². The Morgan fingerprint density at radius 2 is 2.17 bits per heavy atom. The number of nitrogens with one attached hydrogen (secondary N) is 1. The molecule has 1 aliphatic rings. The second kappa shape index (κ2) is 2.34. The quantitative estimate of drug-likeness (QED) is 0.620. The molecule has 1 amide bonds. The zero-order valence-corrected chi connectivity index (χ0v) is 7.22. The number of anilines is 1. The van der Waals surface area contributed by atoms with E-state index in [4.69, 9.17) is 0 Å². The first kappa shape index (κ1) is 7.35. The lowest BCUT2D eigenvalue weighted by atomic mass is 10.0. The van der Waals surface area contributed by atoms with E-state index in [1.54, 1.807) is 0 Å². The van der Waals surface area contributed by atoms with E-state index in [2.05, 4.69) is 5.32 Å². The molecule has 12 heavy (non-hydrogen) atoms. The molecule has 2 nitrogen and oxygen atoms in total. The molecule has 0 radical (unpaired) electrons. The average molecular weight is 161 g/mol. The van der Waals surface area contributed by atoms with Crippen molar-refractivity contribution in [2.24, 2.45) is 0 Å². The SMILES string of the molecule is Cc1cccc2c1NC(=O)C2C. The van der Waals surface area contributed by atoms with Crippen LogP contribution in [0.1, 0.15) is 24.0 Å². The van der Waals surface area contributed by atoms with E-state index in [1.807, 2.05) is 32.0 Å². The Labute approximate surface area is 71.6 Å². The summed E-state index contributed by atoms with van der Waals surface area (Å²) in [6.45, 7) is 3.94. The van der Waals surface area contributed by atoms with Crippen molar-refractivity contribution in [3.8, 4) is 0 Å². The van der Waals surface area contributed by atoms with Crippen molar-refractivity contribution in [2.75, 3.05) is 5.32 Å². The molecule has 1 aliphatic heterocycles. The van der Waals surface area contributed by atoms with Crippen LogP contribution in [0, 0.1) is 6.92 Å². The van der Waals surface area contributed by atoms with Gasteiger partial charge in [0.15, 0.2) is 0 Å².